The highest BCUT2D eigenvalue weighted by Gasteiger charge is 2.20. The Labute approximate surface area is 228 Å². The van der Waals surface area contributed by atoms with E-state index < -0.39 is 0 Å². The van der Waals surface area contributed by atoms with Crippen LogP contribution in [0.4, 0.5) is 5.69 Å². The van der Waals surface area contributed by atoms with Crippen LogP contribution >= 0.6 is 23.5 Å². The predicted molar refractivity (Wildman–Crippen MR) is 155 cm³/mol. The molecule has 6 nitrogen and oxygen atoms in total. The molecule has 6 aromatic rings. The van der Waals surface area contributed by atoms with E-state index in [0.29, 0.717) is 5.16 Å². The quantitative estimate of drug-likeness (QED) is 0.201. The highest BCUT2D eigenvalue weighted by molar-refractivity contribution is 8.00. The Bertz CT molecular complexity index is 1700. The van der Waals surface area contributed by atoms with Crippen LogP contribution in [0.15, 0.2) is 130 Å². The lowest BCUT2D eigenvalue weighted by Gasteiger charge is -2.12. The Hall–Kier alpha value is -4.27. The van der Waals surface area contributed by atoms with Gasteiger partial charge < -0.3 is 10.3 Å². The summed E-state index contributed by atoms with van der Waals surface area (Å²) in [6, 6.07) is 36.1. The van der Waals surface area contributed by atoms with Crippen molar-refractivity contribution in [2.75, 3.05) is 11.1 Å². The highest BCUT2D eigenvalue weighted by atomic mass is 32.2. The molecule has 2 aromatic heterocycles. The number of rotatable bonds is 8. The first-order valence-corrected chi connectivity index (χ1v) is 13.9. The molecule has 0 aliphatic carbocycles. The molecule has 0 fully saturated rings. The molecule has 6 rings (SSSR count). The normalized spacial score (nSPS) is 11.1. The Morgan fingerprint density at radius 2 is 1.53 bits per heavy atom. The van der Waals surface area contributed by atoms with E-state index in [1.54, 1.807) is 11.8 Å². The van der Waals surface area contributed by atoms with Crippen molar-refractivity contribution in [1.29, 1.82) is 0 Å². The summed E-state index contributed by atoms with van der Waals surface area (Å²) >= 11 is 2.98. The maximum Gasteiger partial charge on any atom is 0.234 e. The number of nitrogens with one attached hydrogen (secondary N) is 2. The zero-order valence-corrected chi connectivity index (χ0v) is 21.9. The molecule has 0 saturated carbocycles. The van der Waals surface area contributed by atoms with Crippen molar-refractivity contribution in [3.8, 4) is 17.1 Å². The van der Waals surface area contributed by atoms with E-state index in [0.717, 1.165) is 43.5 Å². The van der Waals surface area contributed by atoms with Crippen molar-refractivity contribution in [1.82, 2.24) is 19.7 Å². The highest BCUT2D eigenvalue weighted by Crippen LogP contribution is 2.34. The Kier molecular flexibility index (Phi) is 6.97. The molecule has 1 amide bonds. The van der Waals surface area contributed by atoms with Crippen LogP contribution in [-0.2, 0) is 4.79 Å². The number of para-hydroxylation sites is 3. The zero-order valence-electron chi connectivity index (χ0n) is 20.2. The maximum atomic E-state index is 13.0. The molecular weight excluding hydrogens is 510 g/mol. The van der Waals surface area contributed by atoms with Gasteiger partial charge >= 0.3 is 0 Å². The minimum atomic E-state index is -0.104. The number of carbonyl (C=O) groups is 1. The summed E-state index contributed by atoms with van der Waals surface area (Å²) in [7, 11) is 0. The number of hydrogen-bond donors (Lipinski definition) is 2. The van der Waals surface area contributed by atoms with Crippen LogP contribution in [0, 0.1) is 0 Å². The summed E-state index contributed by atoms with van der Waals surface area (Å²) in [6.45, 7) is 0. The smallest absolute Gasteiger partial charge is 0.234 e. The Morgan fingerprint density at radius 1 is 0.816 bits per heavy atom. The number of thioether (sulfide) groups is 1. The summed E-state index contributed by atoms with van der Waals surface area (Å²) in [6.07, 6.45) is 1.95. The summed E-state index contributed by atoms with van der Waals surface area (Å²) < 4.78 is 2.01. The lowest BCUT2D eigenvalue weighted by molar-refractivity contribution is -0.113. The Balaban J connectivity index is 1.24. The van der Waals surface area contributed by atoms with E-state index in [9.17, 15) is 4.79 Å². The second-order valence-electron chi connectivity index (χ2n) is 8.47. The molecule has 2 heterocycles. The second-order valence-corrected chi connectivity index (χ2v) is 10.5. The molecule has 2 N–H and O–H groups in total. The summed E-state index contributed by atoms with van der Waals surface area (Å²) in [4.78, 5) is 18.5. The number of nitrogens with zero attached hydrogens (tertiary/aromatic N) is 3. The molecular formula is C30H23N5OS2. The average Bonchev–Trinajstić information content (AvgIpc) is 3.58. The number of aromatic nitrogens is 4. The van der Waals surface area contributed by atoms with E-state index >= 15 is 0 Å². The van der Waals surface area contributed by atoms with Crippen molar-refractivity contribution >= 4 is 46.0 Å². The van der Waals surface area contributed by atoms with Gasteiger partial charge in [-0.25, -0.2) is 0 Å². The Morgan fingerprint density at radius 3 is 2.37 bits per heavy atom. The largest absolute Gasteiger partial charge is 0.360 e. The third-order valence-electron chi connectivity index (χ3n) is 5.94. The molecule has 0 unspecified atom stereocenters. The molecule has 0 atom stereocenters. The molecule has 0 radical (unpaired) electrons. The van der Waals surface area contributed by atoms with Crippen LogP contribution in [0.25, 0.3) is 28.0 Å². The third kappa shape index (κ3) is 5.09. The van der Waals surface area contributed by atoms with Gasteiger partial charge in [0, 0.05) is 38.1 Å². The van der Waals surface area contributed by atoms with Crippen LogP contribution in [0.1, 0.15) is 0 Å². The lowest BCUT2D eigenvalue weighted by atomic mass is 10.1. The number of amides is 1. The predicted octanol–water partition coefficient (Wildman–Crippen LogP) is 7.30. The lowest BCUT2D eigenvalue weighted by Crippen LogP contribution is -2.15. The van der Waals surface area contributed by atoms with Gasteiger partial charge in [-0.2, -0.15) is 0 Å². The van der Waals surface area contributed by atoms with Crippen LogP contribution in [0.5, 0.6) is 0 Å². The van der Waals surface area contributed by atoms with Crippen LogP contribution in [0.3, 0.4) is 0 Å². The number of aromatic amines is 1. The maximum absolute atomic E-state index is 13.0. The summed E-state index contributed by atoms with van der Waals surface area (Å²) in [5.41, 5.74) is 3.71. The SMILES string of the molecule is O=C(CSc1nnc(-c2c[nH]c3ccccc23)n1-c1ccccc1)Nc1ccccc1Sc1ccccc1. The number of anilines is 1. The second kappa shape index (κ2) is 11.0. The van der Waals surface area contributed by atoms with Crippen LogP contribution in [0.2, 0.25) is 0 Å². The molecule has 38 heavy (non-hydrogen) atoms. The number of hydrogen-bond acceptors (Lipinski definition) is 5. The van der Waals surface area contributed by atoms with Gasteiger partial charge in [-0.3, -0.25) is 9.36 Å². The van der Waals surface area contributed by atoms with Crippen molar-refractivity contribution in [2.45, 2.75) is 14.9 Å². The standard InChI is InChI=1S/C30H23N5OS2/c36-28(32-26-17-9-10-18-27(26)38-22-13-5-2-6-14-22)20-37-30-34-33-29(35(30)21-11-3-1-4-12-21)24-19-31-25-16-8-7-15-23(24)25/h1-19,31H,20H2,(H,32,36). The van der Waals surface area contributed by atoms with E-state index in [4.69, 9.17) is 0 Å². The fourth-order valence-electron chi connectivity index (χ4n) is 4.20. The third-order valence-corrected chi connectivity index (χ3v) is 7.96. The fraction of sp³-hybridized carbons (Fsp3) is 0.0333. The first-order valence-electron chi connectivity index (χ1n) is 12.1. The first-order chi connectivity index (χ1) is 18.8. The molecule has 186 valence electrons. The van der Waals surface area contributed by atoms with Crippen molar-refractivity contribution in [3.05, 3.63) is 115 Å². The topological polar surface area (TPSA) is 75.6 Å². The summed E-state index contributed by atoms with van der Waals surface area (Å²) in [5, 5.41) is 13.8. The van der Waals surface area contributed by atoms with E-state index in [2.05, 4.69) is 38.7 Å². The van der Waals surface area contributed by atoms with Gasteiger partial charge in [-0.15, -0.1) is 10.2 Å². The van der Waals surface area contributed by atoms with Gasteiger partial charge in [-0.05, 0) is 42.5 Å². The average molecular weight is 534 g/mol. The van der Waals surface area contributed by atoms with Crippen molar-refractivity contribution < 1.29 is 4.79 Å². The van der Waals surface area contributed by atoms with E-state index in [1.165, 1.54) is 11.8 Å². The van der Waals surface area contributed by atoms with E-state index in [-0.39, 0.29) is 11.7 Å². The molecule has 0 spiro atoms. The minimum Gasteiger partial charge on any atom is -0.360 e. The molecule has 0 bridgehead atoms. The van der Waals surface area contributed by atoms with Crippen molar-refractivity contribution in [2.24, 2.45) is 0 Å². The number of H-pyrrole nitrogens is 1. The van der Waals surface area contributed by atoms with Gasteiger partial charge in [0.1, 0.15) is 0 Å². The number of benzene rings is 4. The fourth-order valence-corrected chi connectivity index (χ4v) is 5.87. The number of fused-ring (bicyclic) bond motifs is 1. The number of carbonyl (C=O) groups excluding carboxylic acids is 1. The monoisotopic (exact) mass is 533 g/mol. The molecule has 0 aliphatic rings. The van der Waals surface area contributed by atoms with Gasteiger partial charge in [-0.1, -0.05) is 90.3 Å². The minimum absolute atomic E-state index is 0.104. The van der Waals surface area contributed by atoms with E-state index in [1.807, 2.05) is 102 Å². The molecule has 8 heteroatoms. The zero-order chi connectivity index (χ0) is 25.7. The van der Waals surface area contributed by atoms with Gasteiger partial charge in [0.2, 0.25) is 5.91 Å². The van der Waals surface area contributed by atoms with Crippen molar-refractivity contribution in [3.63, 3.8) is 0 Å². The summed E-state index contributed by atoms with van der Waals surface area (Å²) in [5.74, 6) is 0.817. The van der Waals surface area contributed by atoms with Gasteiger partial charge in [0.25, 0.3) is 0 Å². The molecule has 0 saturated heterocycles. The van der Waals surface area contributed by atoms with Gasteiger partial charge in [0.15, 0.2) is 11.0 Å². The van der Waals surface area contributed by atoms with Gasteiger partial charge in [0.05, 0.1) is 11.4 Å². The molecule has 4 aromatic carbocycles. The van der Waals surface area contributed by atoms with Crippen LogP contribution < -0.4 is 5.32 Å². The first kappa shape index (κ1) is 24.1. The molecule has 0 aliphatic heterocycles. The van der Waals surface area contributed by atoms with Crippen LogP contribution in [-0.4, -0.2) is 31.4 Å².